The van der Waals surface area contributed by atoms with Gasteiger partial charge >= 0.3 is 0 Å². The molecule has 0 saturated carbocycles. The van der Waals surface area contributed by atoms with Gasteiger partial charge in [0, 0.05) is 24.0 Å². The van der Waals surface area contributed by atoms with Crippen LogP contribution in [-0.4, -0.2) is 15.7 Å². The summed E-state index contributed by atoms with van der Waals surface area (Å²) in [6.07, 6.45) is 6.93. The predicted molar refractivity (Wildman–Crippen MR) is 84.2 cm³/mol. The summed E-state index contributed by atoms with van der Waals surface area (Å²) in [7, 11) is 0. The van der Waals surface area contributed by atoms with Crippen LogP contribution < -0.4 is 5.32 Å². The van der Waals surface area contributed by atoms with E-state index in [4.69, 9.17) is 0 Å². The second-order valence-electron chi connectivity index (χ2n) is 4.89. The number of nitrogens with one attached hydrogen (secondary N) is 1. The van der Waals surface area contributed by atoms with E-state index in [-0.39, 0.29) is 5.91 Å². The van der Waals surface area contributed by atoms with Gasteiger partial charge in [0.05, 0.1) is 16.2 Å². The van der Waals surface area contributed by atoms with E-state index in [1.54, 1.807) is 22.2 Å². The van der Waals surface area contributed by atoms with Gasteiger partial charge in [0.25, 0.3) is 0 Å². The molecule has 21 heavy (non-hydrogen) atoms. The van der Waals surface area contributed by atoms with Crippen molar-refractivity contribution in [2.45, 2.75) is 32.2 Å². The number of aryl methyl sites for hydroxylation is 2. The fourth-order valence-electron chi connectivity index (χ4n) is 2.48. The van der Waals surface area contributed by atoms with Gasteiger partial charge in [-0.2, -0.15) is 10.4 Å². The summed E-state index contributed by atoms with van der Waals surface area (Å²) < 4.78 is 2.60. The molecule has 1 aliphatic rings. The number of thiophene rings is 1. The van der Waals surface area contributed by atoms with E-state index in [2.05, 4.69) is 32.4 Å². The number of anilines is 1. The van der Waals surface area contributed by atoms with E-state index in [1.807, 2.05) is 6.20 Å². The lowest BCUT2D eigenvalue weighted by molar-refractivity contribution is -0.116. The Balaban J connectivity index is 1.64. The van der Waals surface area contributed by atoms with Crippen LogP contribution in [-0.2, 0) is 24.2 Å². The first kappa shape index (κ1) is 14.3. The molecule has 0 spiro atoms. The van der Waals surface area contributed by atoms with Crippen molar-refractivity contribution >= 4 is 38.2 Å². The lowest BCUT2D eigenvalue weighted by Gasteiger charge is -2.04. The molecule has 2 aromatic rings. The smallest absolute Gasteiger partial charge is 0.226 e. The zero-order valence-electron chi connectivity index (χ0n) is 11.2. The first-order valence-electron chi connectivity index (χ1n) is 6.70. The average Bonchev–Trinajstić information content (AvgIpc) is 3.12. The first-order chi connectivity index (χ1) is 10.2. The molecule has 5 nitrogen and oxygen atoms in total. The molecule has 7 heteroatoms. The van der Waals surface area contributed by atoms with E-state index in [1.165, 1.54) is 4.88 Å². The topological polar surface area (TPSA) is 70.7 Å². The molecular formula is C14H13BrN4OS. The van der Waals surface area contributed by atoms with Gasteiger partial charge in [-0.05, 0) is 40.8 Å². The molecular weight excluding hydrogens is 352 g/mol. The molecule has 0 aromatic carbocycles. The molecule has 1 aliphatic carbocycles. The third-order valence-corrected chi connectivity index (χ3v) is 5.07. The number of amides is 1. The number of carbonyl (C=O) groups is 1. The van der Waals surface area contributed by atoms with Gasteiger partial charge in [0.2, 0.25) is 5.91 Å². The van der Waals surface area contributed by atoms with E-state index >= 15 is 0 Å². The van der Waals surface area contributed by atoms with Gasteiger partial charge < -0.3 is 5.32 Å². The molecule has 0 radical (unpaired) electrons. The standard InChI is InChI=1S/C14H13BrN4OS/c15-9-7-17-19(8-9)5-4-13(20)18-14-11(6-16)10-2-1-3-12(10)21-14/h7-8H,1-5H2,(H,18,20). The van der Waals surface area contributed by atoms with Crippen LogP contribution in [0, 0.1) is 11.3 Å². The lowest BCUT2D eigenvalue weighted by Crippen LogP contribution is -2.14. The fourth-order valence-corrected chi connectivity index (χ4v) is 4.06. The summed E-state index contributed by atoms with van der Waals surface area (Å²) >= 11 is 4.86. The van der Waals surface area contributed by atoms with Crippen molar-refractivity contribution in [1.29, 1.82) is 5.26 Å². The normalized spacial score (nSPS) is 13.0. The number of rotatable bonds is 4. The number of hydrogen-bond donors (Lipinski definition) is 1. The van der Waals surface area contributed by atoms with Crippen molar-refractivity contribution in [2.24, 2.45) is 0 Å². The van der Waals surface area contributed by atoms with Crippen LogP contribution in [0.4, 0.5) is 5.00 Å². The zero-order valence-corrected chi connectivity index (χ0v) is 13.6. The molecule has 0 aliphatic heterocycles. The number of aromatic nitrogens is 2. The summed E-state index contributed by atoms with van der Waals surface area (Å²) in [4.78, 5) is 13.3. The average molecular weight is 365 g/mol. The number of halogens is 1. The van der Waals surface area contributed by atoms with Crippen molar-refractivity contribution in [3.05, 3.63) is 32.9 Å². The van der Waals surface area contributed by atoms with Crippen LogP contribution in [0.15, 0.2) is 16.9 Å². The lowest BCUT2D eigenvalue weighted by atomic mass is 10.1. The summed E-state index contributed by atoms with van der Waals surface area (Å²) in [6, 6.07) is 2.23. The highest BCUT2D eigenvalue weighted by molar-refractivity contribution is 9.10. The second-order valence-corrected chi connectivity index (χ2v) is 6.91. The Hall–Kier alpha value is -1.65. The molecule has 0 saturated heterocycles. The van der Waals surface area contributed by atoms with E-state index in [0.717, 1.165) is 29.3 Å². The van der Waals surface area contributed by atoms with Gasteiger partial charge in [-0.1, -0.05) is 0 Å². The third-order valence-electron chi connectivity index (χ3n) is 3.46. The van der Waals surface area contributed by atoms with Crippen LogP contribution in [0.2, 0.25) is 0 Å². The van der Waals surface area contributed by atoms with Crippen molar-refractivity contribution < 1.29 is 4.79 Å². The Morgan fingerprint density at radius 2 is 2.43 bits per heavy atom. The van der Waals surface area contributed by atoms with Crippen molar-refractivity contribution in [1.82, 2.24) is 9.78 Å². The summed E-state index contributed by atoms with van der Waals surface area (Å²) in [5.41, 5.74) is 1.79. The fraction of sp³-hybridized carbons (Fsp3) is 0.357. The maximum absolute atomic E-state index is 12.0. The Kier molecular flexibility index (Phi) is 4.08. The van der Waals surface area contributed by atoms with E-state index in [0.29, 0.717) is 23.5 Å². The minimum atomic E-state index is -0.0851. The van der Waals surface area contributed by atoms with Gasteiger partial charge in [-0.25, -0.2) is 0 Å². The highest BCUT2D eigenvalue weighted by Gasteiger charge is 2.22. The molecule has 0 bridgehead atoms. The molecule has 1 N–H and O–H groups in total. The van der Waals surface area contributed by atoms with E-state index < -0.39 is 0 Å². The van der Waals surface area contributed by atoms with Crippen LogP contribution in [0.1, 0.15) is 28.8 Å². The number of nitrogens with zero attached hydrogens (tertiary/aromatic N) is 3. The van der Waals surface area contributed by atoms with Crippen LogP contribution in [0.3, 0.4) is 0 Å². The minimum absolute atomic E-state index is 0.0851. The molecule has 0 unspecified atom stereocenters. The SMILES string of the molecule is N#Cc1c(NC(=O)CCn2cc(Br)cn2)sc2c1CCC2. The third kappa shape index (κ3) is 3.01. The monoisotopic (exact) mass is 364 g/mol. The van der Waals surface area contributed by atoms with Gasteiger partial charge in [-0.15, -0.1) is 11.3 Å². The summed E-state index contributed by atoms with van der Waals surface area (Å²) in [5.74, 6) is -0.0851. The van der Waals surface area contributed by atoms with Gasteiger partial charge in [0.15, 0.2) is 0 Å². The number of nitriles is 1. The Bertz CT molecular complexity index is 728. The maximum atomic E-state index is 12.0. The van der Waals surface area contributed by atoms with Crippen LogP contribution in [0.5, 0.6) is 0 Å². The van der Waals surface area contributed by atoms with Crippen molar-refractivity contribution in [2.75, 3.05) is 5.32 Å². The molecule has 3 rings (SSSR count). The molecule has 108 valence electrons. The predicted octanol–water partition coefficient (Wildman–Crippen LogP) is 3.10. The highest BCUT2D eigenvalue weighted by Crippen LogP contribution is 2.38. The molecule has 1 amide bonds. The maximum Gasteiger partial charge on any atom is 0.226 e. The second kappa shape index (κ2) is 6.00. The van der Waals surface area contributed by atoms with Crippen molar-refractivity contribution in [3.8, 4) is 6.07 Å². The molecule has 0 fully saturated rings. The Labute approximate surface area is 134 Å². The number of carbonyl (C=O) groups excluding carboxylic acids is 1. The van der Waals surface area contributed by atoms with Crippen LogP contribution >= 0.6 is 27.3 Å². The van der Waals surface area contributed by atoms with Gasteiger partial charge in [-0.3, -0.25) is 9.48 Å². The molecule has 0 atom stereocenters. The minimum Gasteiger partial charge on any atom is -0.317 e. The molecule has 2 aromatic heterocycles. The number of hydrogen-bond acceptors (Lipinski definition) is 4. The quantitative estimate of drug-likeness (QED) is 0.905. The highest BCUT2D eigenvalue weighted by atomic mass is 79.9. The summed E-state index contributed by atoms with van der Waals surface area (Å²) in [6.45, 7) is 0.518. The zero-order chi connectivity index (χ0) is 14.8. The largest absolute Gasteiger partial charge is 0.317 e. The Morgan fingerprint density at radius 1 is 1.57 bits per heavy atom. The van der Waals surface area contributed by atoms with E-state index in [9.17, 15) is 10.1 Å². The first-order valence-corrected chi connectivity index (χ1v) is 8.31. The van der Waals surface area contributed by atoms with Crippen LogP contribution in [0.25, 0.3) is 0 Å². The summed E-state index contributed by atoms with van der Waals surface area (Å²) in [5, 5.41) is 17.0. The van der Waals surface area contributed by atoms with Crippen molar-refractivity contribution in [3.63, 3.8) is 0 Å². The Morgan fingerprint density at radius 3 is 3.14 bits per heavy atom. The number of fused-ring (bicyclic) bond motifs is 1. The molecule has 2 heterocycles. The van der Waals surface area contributed by atoms with Gasteiger partial charge in [0.1, 0.15) is 11.1 Å².